The lowest BCUT2D eigenvalue weighted by molar-refractivity contribution is 1.04. The van der Waals surface area contributed by atoms with Crippen LogP contribution in [0.1, 0.15) is 29.3 Å². The van der Waals surface area contributed by atoms with Crippen LogP contribution in [0.4, 0.5) is 0 Å². The van der Waals surface area contributed by atoms with E-state index in [1.807, 2.05) is 18.3 Å². The van der Waals surface area contributed by atoms with Crippen LogP contribution in [0.3, 0.4) is 0 Å². The van der Waals surface area contributed by atoms with Crippen LogP contribution in [0, 0.1) is 13.8 Å². The van der Waals surface area contributed by atoms with Gasteiger partial charge in [-0.2, -0.15) is 0 Å². The van der Waals surface area contributed by atoms with Crippen molar-refractivity contribution in [2.24, 2.45) is 0 Å². The van der Waals surface area contributed by atoms with Gasteiger partial charge < -0.3 is 0 Å². The van der Waals surface area contributed by atoms with Gasteiger partial charge in [-0.25, -0.2) is 0 Å². The summed E-state index contributed by atoms with van der Waals surface area (Å²) in [6, 6.07) is 8.60. The normalized spacial score (nSPS) is 10.4. The first-order chi connectivity index (χ1) is 8.67. The predicted molar refractivity (Wildman–Crippen MR) is 78.6 cm³/mol. The highest BCUT2D eigenvalue weighted by Crippen LogP contribution is 2.29. The summed E-state index contributed by atoms with van der Waals surface area (Å²) in [5.41, 5.74) is 7.38. The molecule has 2 aromatic rings. The summed E-state index contributed by atoms with van der Waals surface area (Å²) < 4.78 is 0. The van der Waals surface area contributed by atoms with Crippen LogP contribution in [0.15, 0.2) is 37.0 Å². The SMILES string of the molecule is C=Cc1ccnc(CC)c1-c1ccc(C)c(C)c1. The van der Waals surface area contributed by atoms with Gasteiger partial charge in [0, 0.05) is 17.5 Å². The number of hydrogen-bond donors (Lipinski definition) is 0. The molecule has 1 aromatic heterocycles. The van der Waals surface area contributed by atoms with Crippen LogP contribution in [0.2, 0.25) is 0 Å². The topological polar surface area (TPSA) is 12.9 Å². The second-order valence-electron chi connectivity index (χ2n) is 4.58. The van der Waals surface area contributed by atoms with E-state index in [1.165, 1.54) is 22.3 Å². The molecule has 2 rings (SSSR count). The Balaban J connectivity index is 2.68. The van der Waals surface area contributed by atoms with Gasteiger partial charge in [-0.1, -0.05) is 37.8 Å². The lowest BCUT2D eigenvalue weighted by Crippen LogP contribution is -1.95. The van der Waals surface area contributed by atoms with Crippen molar-refractivity contribution in [2.45, 2.75) is 27.2 Å². The average molecular weight is 237 g/mol. The van der Waals surface area contributed by atoms with E-state index in [-0.39, 0.29) is 0 Å². The van der Waals surface area contributed by atoms with Crippen molar-refractivity contribution in [3.8, 4) is 11.1 Å². The number of pyridine rings is 1. The molecule has 1 nitrogen and oxygen atoms in total. The average Bonchev–Trinajstić information content (AvgIpc) is 2.41. The molecule has 0 saturated carbocycles. The van der Waals surface area contributed by atoms with Crippen molar-refractivity contribution < 1.29 is 0 Å². The highest BCUT2D eigenvalue weighted by Gasteiger charge is 2.09. The van der Waals surface area contributed by atoms with Gasteiger partial charge >= 0.3 is 0 Å². The predicted octanol–water partition coefficient (Wildman–Crippen LogP) is 4.57. The largest absolute Gasteiger partial charge is 0.261 e. The Kier molecular flexibility index (Phi) is 3.61. The second kappa shape index (κ2) is 5.18. The first-order valence-corrected chi connectivity index (χ1v) is 6.35. The van der Waals surface area contributed by atoms with E-state index in [0.717, 1.165) is 17.7 Å². The molecule has 1 heteroatoms. The van der Waals surface area contributed by atoms with Crippen LogP contribution in [-0.2, 0) is 6.42 Å². The van der Waals surface area contributed by atoms with E-state index in [9.17, 15) is 0 Å². The first kappa shape index (κ1) is 12.6. The van der Waals surface area contributed by atoms with Gasteiger partial charge in [0.1, 0.15) is 0 Å². The molecule has 1 heterocycles. The Labute approximate surface area is 109 Å². The number of rotatable bonds is 3. The molecule has 0 amide bonds. The van der Waals surface area contributed by atoms with Crippen molar-refractivity contribution in [1.29, 1.82) is 0 Å². The number of benzene rings is 1. The van der Waals surface area contributed by atoms with Crippen molar-refractivity contribution >= 4 is 6.08 Å². The maximum Gasteiger partial charge on any atom is 0.0485 e. The molecule has 0 saturated heterocycles. The molecule has 0 spiro atoms. The molecule has 1 aromatic carbocycles. The zero-order valence-electron chi connectivity index (χ0n) is 11.3. The minimum Gasteiger partial charge on any atom is -0.261 e. The van der Waals surface area contributed by atoms with E-state index >= 15 is 0 Å². The molecule has 0 aliphatic rings. The minimum absolute atomic E-state index is 0.934. The minimum atomic E-state index is 0.934. The van der Waals surface area contributed by atoms with E-state index < -0.39 is 0 Å². The molecule has 0 radical (unpaired) electrons. The zero-order chi connectivity index (χ0) is 13.1. The molecular formula is C17H19N. The Hall–Kier alpha value is -1.89. The summed E-state index contributed by atoms with van der Waals surface area (Å²) in [5.74, 6) is 0. The molecule has 0 unspecified atom stereocenters. The number of hydrogen-bond acceptors (Lipinski definition) is 1. The summed E-state index contributed by atoms with van der Waals surface area (Å²) in [4.78, 5) is 4.49. The smallest absolute Gasteiger partial charge is 0.0485 e. The molecular weight excluding hydrogens is 218 g/mol. The molecule has 92 valence electrons. The second-order valence-corrected chi connectivity index (χ2v) is 4.58. The summed E-state index contributed by atoms with van der Waals surface area (Å²) in [7, 11) is 0. The lowest BCUT2D eigenvalue weighted by Gasteiger charge is -2.12. The third kappa shape index (κ3) is 2.21. The molecule has 0 fully saturated rings. The fourth-order valence-electron chi connectivity index (χ4n) is 2.19. The van der Waals surface area contributed by atoms with Crippen molar-refractivity contribution in [3.05, 3.63) is 59.4 Å². The van der Waals surface area contributed by atoms with Gasteiger partial charge in [0.25, 0.3) is 0 Å². The molecule has 0 bridgehead atoms. The third-order valence-corrected chi connectivity index (χ3v) is 3.41. The van der Waals surface area contributed by atoms with E-state index in [1.54, 1.807) is 0 Å². The molecule has 0 atom stereocenters. The molecule has 0 aliphatic carbocycles. The quantitative estimate of drug-likeness (QED) is 0.762. The standard InChI is InChI=1S/C17H19N/c1-5-14-9-10-18-16(6-2)17(14)15-8-7-12(3)13(4)11-15/h5,7-11H,1,6H2,2-4H3. The van der Waals surface area contributed by atoms with E-state index in [0.29, 0.717) is 0 Å². The highest BCUT2D eigenvalue weighted by molar-refractivity contribution is 5.77. The summed E-state index contributed by atoms with van der Waals surface area (Å²) in [6.07, 6.45) is 4.70. The fourth-order valence-corrected chi connectivity index (χ4v) is 2.19. The summed E-state index contributed by atoms with van der Waals surface area (Å²) in [5, 5.41) is 0. The van der Waals surface area contributed by atoms with Crippen molar-refractivity contribution in [3.63, 3.8) is 0 Å². The van der Waals surface area contributed by atoms with Gasteiger partial charge in [-0.15, -0.1) is 0 Å². The summed E-state index contributed by atoms with van der Waals surface area (Å²) in [6.45, 7) is 10.3. The van der Waals surface area contributed by atoms with E-state index in [2.05, 4.69) is 50.5 Å². The van der Waals surface area contributed by atoms with E-state index in [4.69, 9.17) is 0 Å². The maximum absolute atomic E-state index is 4.49. The van der Waals surface area contributed by atoms with Gasteiger partial charge in [0.2, 0.25) is 0 Å². The van der Waals surface area contributed by atoms with Gasteiger partial charge in [0.15, 0.2) is 0 Å². The molecule has 18 heavy (non-hydrogen) atoms. The highest BCUT2D eigenvalue weighted by atomic mass is 14.7. The number of aryl methyl sites for hydroxylation is 3. The third-order valence-electron chi connectivity index (χ3n) is 3.41. The number of nitrogens with zero attached hydrogens (tertiary/aromatic N) is 1. The number of aromatic nitrogens is 1. The molecule has 0 N–H and O–H groups in total. The Morgan fingerprint density at radius 1 is 1.17 bits per heavy atom. The van der Waals surface area contributed by atoms with Gasteiger partial charge in [-0.05, 0) is 48.6 Å². The van der Waals surface area contributed by atoms with Crippen molar-refractivity contribution in [1.82, 2.24) is 4.98 Å². The monoisotopic (exact) mass is 237 g/mol. The van der Waals surface area contributed by atoms with Crippen LogP contribution < -0.4 is 0 Å². The fraction of sp³-hybridized carbons (Fsp3) is 0.235. The Morgan fingerprint density at radius 2 is 1.94 bits per heavy atom. The maximum atomic E-state index is 4.49. The lowest BCUT2D eigenvalue weighted by atomic mass is 9.94. The van der Waals surface area contributed by atoms with Crippen molar-refractivity contribution in [2.75, 3.05) is 0 Å². The van der Waals surface area contributed by atoms with Crippen LogP contribution >= 0.6 is 0 Å². The van der Waals surface area contributed by atoms with Crippen LogP contribution in [-0.4, -0.2) is 4.98 Å². The zero-order valence-corrected chi connectivity index (χ0v) is 11.3. The van der Waals surface area contributed by atoms with Crippen LogP contribution in [0.5, 0.6) is 0 Å². The Bertz CT molecular complexity index is 582. The first-order valence-electron chi connectivity index (χ1n) is 6.35. The molecule has 0 aliphatic heterocycles. The summed E-state index contributed by atoms with van der Waals surface area (Å²) >= 11 is 0. The van der Waals surface area contributed by atoms with Crippen LogP contribution in [0.25, 0.3) is 17.2 Å². The van der Waals surface area contributed by atoms with Gasteiger partial charge in [-0.3, -0.25) is 4.98 Å². The Morgan fingerprint density at radius 3 is 2.56 bits per heavy atom. The van der Waals surface area contributed by atoms with Gasteiger partial charge in [0.05, 0.1) is 0 Å².